The van der Waals surface area contributed by atoms with E-state index in [4.69, 9.17) is 19.2 Å². The number of amides is 2. The van der Waals surface area contributed by atoms with Crippen molar-refractivity contribution in [3.63, 3.8) is 0 Å². The molecule has 2 N–H and O–H groups in total. The molecule has 2 aliphatic rings. The Balaban J connectivity index is 1.40. The lowest BCUT2D eigenvalue weighted by Gasteiger charge is -2.33. The van der Waals surface area contributed by atoms with Crippen LogP contribution in [0.4, 0.5) is 10.5 Å². The summed E-state index contributed by atoms with van der Waals surface area (Å²) in [5.74, 6) is -0.472. The van der Waals surface area contributed by atoms with Crippen LogP contribution in [0.1, 0.15) is 44.2 Å². The molecule has 0 aliphatic carbocycles. The Morgan fingerprint density at radius 1 is 1.38 bits per heavy atom. The first-order valence-electron chi connectivity index (χ1n) is 13.2. The fourth-order valence-corrected chi connectivity index (χ4v) is 5.28. The van der Waals surface area contributed by atoms with Gasteiger partial charge in [0.05, 0.1) is 42.4 Å². The summed E-state index contributed by atoms with van der Waals surface area (Å²) in [6.45, 7) is 6.89. The number of thiazole rings is 1. The van der Waals surface area contributed by atoms with Gasteiger partial charge in [-0.15, -0.1) is 11.3 Å². The number of nitriles is 1. The first-order valence-corrected chi connectivity index (χ1v) is 14.0. The number of nitrogens with one attached hydrogen (secondary N) is 2. The van der Waals surface area contributed by atoms with E-state index in [-0.39, 0.29) is 25.7 Å². The second-order valence-corrected chi connectivity index (χ2v) is 11.8. The van der Waals surface area contributed by atoms with Crippen LogP contribution >= 0.6 is 11.3 Å². The summed E-state index contributed by atoms with van der Waals surface area (Å²) in [5.41, 5.74) is 2.22. The SMILES string of the molecule is CO[C@@H]1CCN(C(=O)OC(C)(C)C)C[C@@H](C(=O)NC(C#N)Cc2cnc(-c3ccc4c(n3)CCCN4)s2)OC1. The third kappa shape index (κ3) is 7.88. The van der Waals surface area contributed by atoms with Crippen LogP contribution < -0.4 is 10.6 Å². The summed E-state index contributed by atoms with van der Waals surface area (Å²) in [4.78, 5) is 37.5. The molecular weight excluding hydrogens is 520 g/mol. The van der Waals surface area contributed by atoms with Crippen molar-refractivity contribution in [2.24, 2.45) is 0 Å². The molecule has 2 aromatic rings. The van der Waals surface area contributed by atoms with Gasteiger partial charge in [0.2, 0.25) is 0 Å². The van der Waals surface area contributed by atoms with Crippen LogP contribution in [0.25, 0.3) is 10.7 Å². The van der Waals surface area contributed by atoms with Crippen molar-refractivity contribution in [2.45, 2.75) is 70.3 Å². The van der Waals surface area contributed by atoms with E-state index >= 15 is 0 Å². The first-order chi connectivity index (χ1) is 18.6. The lowest BCUT2D eigenvalue weighted by atomic mass is 10.1. The van der Waals surface area contributed by atoms with Crippen LogP contribution in [0.5, 0.6) is 0 Å². The molecule has 0 saturated carbocycles. The molecule has 3 atom stereocenters. The fraction of sp³-hybridized carbons (Fsp3) is 0.593. The minimum absolute atomic E-state index is 0.0128. The Labute approximate surface area is 232 Å². The number of ether oxygens (including phenoxy) is 3. The van der Waals surface area contributed by atoms with E-state index in [1.165, 1.54) is 16.2 Å². The number of carbonyl (C=O) groups excluding carboxylic acids is 2. The van der Waals surface area contributed by atoms with Crippen molar-refractivity contribution in [3.05, 3.63) is 28.9 Å². The van der Waals surface area contributed by atoms with Gasteiger partial charge in [-0.1, -0.05) is 0 Å². The largest absolute Gasteiger partial charge is 0.444 e. The average molecular weight is 557 g/mol. The highest BCUT2D eigenvalue weighted by Gasteiger charge is 2.32. The zero-order valence-electron chi connectivity index (χ0n) is 22.9. The standard InChI is InChI=1S/C27H36N6O5S/c1-27(2,3)38-26(35)33-11-9-18(36-4)16-37-23(15-33)24(34)31-17(13-28)12-19-14-30-25(39-19)22-8-7-20-21(32-22)6-5-10-29-20/h7-8,14,17-18,23,29H,5-6,9-12,15-16H2,1-4H3,(H,31,34)/t17?,18-,23+/m1/s1. The Kier molecular flexibility index (Phi) is 9.37. The number of methoxy groups -OCH3 is 1. The van der Waals surface area contributed by atoms with Crippen LogP contribution in [-0.4, -0.2) is 84.1 Å². The molecule has 2 aromatic heterocycles. The van der Waals surface area contributed by atoms with Gasteiger partial charge < -0.3 is 29.7 Å². The molecule has 1 saturated heterocycles. The maximum Gasteiger partial charge on any atom is 0.410 e. The second kappa shape index (κ2) is 12.7. The molecule has 4 heterocycles. The van der Waals surface area contributed by atoms with E-state index in [9.17, 15) is 14.9 Å². The molecule has 0 spiro atoms. The monoisotopic (exact) mass is 556 g/mol. The molecule has 0 radical (unpaired) electrons. The minimum Gasteiger partial charge on any atom is -0.444 e. The lowest BCUT2D eigenvalue weighted by molar-refractivity contribution is -0.139. The number of rotatable bonds is 6. The third-order valence-electron chi connectivity index (χ3n) is 6.40. The Morgan fingerprint density at radius 3 is 2.95 bits per heavy atom. The molecule has 0 bridgehead atoms. The topological polar surface area (TPSA) is 139 Å². The van der Waals surface area contributed by atoms with Gasteiger partial charge in [-0.3, -0.25) is 4.79 Å². The first kappa shape index (κ1) is 28.7. The summed E-state index contributed by atoms with van der Waals surface area (Å²) in [5, 5.41) is 16.7. The van der Waals surface area contributed by atoms with Crippen LogP contribution in [0.3, 0.4) is 0 Å². The summed E-state index contributed by atoms with van der Waals surface area (Å²) in [6.07, 6.45) is 2.75. The van der Waals surface area contributed by atoms with Crippen molar-refractivity contribution in [2.75, 3.05) is 38.7 Å². The van der Waals surface area contributed by atoms with Crippen molar-refractivity contribution in [1.82, 2.24) is 20.2 Å². The predicted octanol–water partition coefficient (Wildman–Crippen LogP) is 3.16. The zero-order chi connectivity index (χ0) is 28.0. The molecule has 1 fully saturated rings. The van der Waals surface area contributed by atoms with Gasteiger partial charge in [-0.05, 0) is 52.2 Å². The van der Waals surface area contributed by atoms with Crippen LogP contribution in [0, 0.1) is 11.3 Å². The highest BCUT2D eigenvalue weighted by Crippen LogP contribution is 2.28. The molecule has 11 nitrogen and oxygen atoms in total. The lowest BCUT2D eigenvalue weighted by Crippen LogP contribution is -2.52. The number of aryl methyl sites for hydroxylation is 1. The van der Waals surface area contributed by atoms with Gasteiger partial charge in [-0.25, -0.2) is 14.8 Å². The van der Waals surface area contributed by atoms with Crippen LogP contribution in [0.2, 0.25) is 0 Å². The van der Waals surface area contributed by atoms with Crippen molar-refractivity contribution >= 4 is 29.0 Å². The Bertz CT molecular complexity index is 1210. The molecule has 39 heavy (non-hydrogen) atoms. The summed E-state index contributed by atoms with van der Waals surface area (Å²) in [7, 11) is 1.56. The summed E-state index contributed by atoms with van der Waals surface area (Å²) >= 11 is 1.45. The number of carbonyl (C=O) groups is 2. The van der Waals surface area contributed by atoms with E-state index in [0.29, 0.717) is 13.0 Å². The highest BCUT2D eigenvalue weighted by atomic mass is 32.1. The number of fused-ring (bicyclic) bond motifs is 1. The molecular formula is C27H36N6O5S. The van der Waals surface area contributed by atoms with Crippen molar-refractivity contribution in [1.29, 1.82) is 5.26 Å². The number of anilines is 1. The van der Waals surface area contributed by atoms with Crippen LogP contribution in [0.15, 0.2) is 18.3 Å². The zero-order valence-corrected chi connectivity index (χ0v) is 23.7. The average Bonchev–Trinajstić information content (AvgIpc) is 3.35. The summed E-state index contributed by atoms with van der Waals surface area (Å²) in [6, 6.07) is 5.33. The maximum atomic E-state index is 13.2. The highest BCUT2D eigenvalue weighted by molar-refractivity contribution is 7.15. The number of hydrogen-bond acceptors (Lipinski definition) is 10. The molecule has 1 unspecified atom stereocenters. The van der Waals surface area contributed by atoms with E-state index in [1.54, 1.807) is 34.1 Å². The van der Waals surface area contributed by atoms with Crippen LogP contribution in [-0.2, 0) is 31.8 Å². The fourth-order valence-electron chi connectivity index (χ4n) is 4.35. The summed E-state index contributed by atoms with van der Waals surface area (Å²) < 4.78 is 16.8. The maximum absolute atomic E-state index is 13.2. The van der Waals surface area contributed by atoms with Gasteiger partial charge in [0.15, 0.2) is 6.10 Å². The second-order valence-electron chi connectivity index (χ2n) is 10.6. The van der Waals surface area contributed by atoms with Gasteiger partial charge in [0.25, 0.3) is 5.91 Å². The Morgan fingerprint density at radius 2 is 2.21 bits per heavy atom. The van der Waals surface area contributed by atoms with E-state index in [0.717, 1.165) is 46.3 Å². The van der Waals surface area contributed by atoms with E-state index in [1.807, 2.05) is 12.1 Å². The number of pyridine rings is 1. The van der Waals surface area contributed by atoms with Gasteiger partial charge >= 0.3 is 6.09 Å². The van der Waals surface area contributed by atoms with Gasteiger partial charge in [-0.2, -0.15) is 5.26 Å². The normalized spacial score (nSPS) is 20.4. The molecule has 0 aromatic carbocycles. The quantitative estimate of drug-likeness (QED) is 0.549. The predicted molar refractivity (Wildman–Crippen MR) is 146 cm³/mol. The molecule has 4 rings (SSSR count). The van der Waals surface area contributed by atoms with E-state index < -0.39 is 29.7 Å². The van der Waals surface area contributed by atoms with E-state index in [2.05, 4.69) is 21.7 Å². The molecule has 210 valence electrons. The number of hydrogen-bond donors (Lipinski definition) is 2. The van der Waals surface area contributed by atoms with Crippen molar-refractivity contribution < 1.29 is 23.8 Å². The van der Waals surface area contributed by atoms with Crippen molar-refractivity contribution in [3.8, 4) is 16.8 Å². The minimum atomic E-state index is -0.975. The number of nitrogens with zero attached hydrogens (tertiary/aromatic N) is 4. The Hall–Kier alpha value is -3.27. The molecule has 2 amide bonds. The van der Waals surface area contributed by atoms with Gasteiger partial charge in [0.1, 0.15) is 16.7 Å². The van der Waals surface area contributed by atoms with Gasteiger partial charge in [0, 0.05) is 37.7 Å². The smallest absolute Gasteiger partial charge is 0.410 e. The molecule has 2 aliphatic heterocycles. The number of aromatic nitrogens is 2. The molecule has 12 heteroatoms. The third-order valence-corrected chi connectivity index (χ3v) is 7.44.